The molecule has 54 heavy (non-hydrogen) atoms. The van der Waals surface area contributed by atoms with Crippen LogP contribution in [0.15, 0.2) is 30.4 Å². The average molecular weight is 773 g/mol. The molecule has 3 N–H and O–H groups in total. The molecule has 2 aliphatic carbocycles. The Morgan fingerprint density at radius 1 is 1.04 bits per heavy atom. The molecule has 5 aliphatic rings. The first-order valence-electron chi connectivity index (χ1n) is 18.8. The molecule has 0 bridgehead atoms. The fourth-order valence-corrected chi connectivity index (χ4v) is 8.73. The summed E-state index contributed by atoms with van der Waals surface area (Å²) in [4.78, 5) is 70.7. The first-order chi connectivity index (χ1) is 25.3. The largest absolute Gasteiger partial charge is 0.486 e. The Labute approximate surface area is 316 Å². The van der Waals surface area contributed by atoms with Crippen molar-refractivity contribution in [1.29, 1.82) is 0 Å². The SMILES string of the molecule is C[C@@H]1CC/C=C\[C@@H]2C[C@@]2(C(=O)NS(=O)(=O)C2(C)CC2)NC(=O)[C@@H]2C[C@@H](OC(=O)c3ccc4c(c3)OCCO4)CN2C(=O)[C@@H](NC(=O)OC(C)(C)C)[C@H](C)C1. The summed E-state index contributed by atoms with van der Waals surface area (Å²) in [5.41, 5.74) is -2.24. The van der Waals surface area contributed by atoms with E-state index >= 15 is 0 Å². The molecule has 0 aromatic heterocycles. The third-order valence-electron chi connectivity index (χ3n) is 11.0. The van der Waals surface area contributed by atoms with Crippen LogP contribution in [0.2, 0.25) is 0 Å². The van der Waals surface area contributed by atoms with E-state index in [0.717, 1.165) is 6.42 Å². The number of nitrogens with zero attached hydrogens (tertiary/aromatic N) is 1. The average Bonchev–Trinajstić information content (AvgIpc) is 3.97. The van der Waals surface area contributed by atoms with Gasteiger partial charge in [0.2, 0.25) is 21.8 Å². The van der Waals surface area contributed by atoms with Crippen LogP contribution in [0, 0.1) is 17.8 Å². The monoisotopic (exact) mass is 772 g/mol. The van der Waals surface area contributed by atoms with Crippen LogP contribution in [0.1, 0.15) is 96.8 Å². The lowest BCUT2D eigenvalue weighted by atomic mass is 9.88. The molecule has 0 spiro atoms. The van der Waals surface area contributed by atoms with Gasteiger partial charge in [0.25, 0.3) is 5.91 Å². The summed E-state index contributed by atoms with van der Waals surface area (Å²) in [6, 6.07) is 2.29. The molecule has 1 saturated heterocycles. The van der Waals surface area contributed by atoms with E-state index in [1.54, 1.807) is 33.8 Å². The molecule has 296 valence electrons. The van der Waals surface area contributed by atoms with Crippen molar-refractivity contribution in [2.75, 3.05) is 19.8 Å². The molecule has 4 amide bonds. The topological polar surface area (TPSA) is 196 Å². The Bertz CT molecular complexity index is 1820. The van der Waals surface area contributed by atoms with Crippen molar-refractivity contribution in [2.24, 2.45) is 17.8 Å². The second kappa shape index (κ2) is 14.7. The van der Waals surface area contributed by atoms with Gasteiger partial charge in [-0.05, 0) is 96.3 Å². The second-order valence-corrected chi connectivity index (χ2v) is 18.9. The molecular weight excluding hydrogens is 721 g/mol. The molecule has 3 fully saturated rings. The van der Waals surface area contributed by atoms with Crippen molar-refractivity contribution in [2.45, 2.75) is 121 Å². The number of allylic oxidation sites excluding steroid dienone is 1. The van der Waals surface area contributed by atoms with Crippen LogP contribution in [0.3, 0.4) is 0 Å². The fourth-order valence-electron chi connectivity index (χ4n) is 7.42. The van der Waals surface area contributed by atoms with Crippen molar-refractivity contribution >= 4 is 39.8 Å². The smallest absolute Gasteiger partial charge is 0.408 e. The molecule has 15 nitrogen and oxygen atoms in total. The van der Waals surface area contributed by atoms with E-state index in [1.165, 1.54) is 17.0 Å². The van der Waals surface area contributed by atoms with Crippen molar-refractivity contribution in [1.82, 2.24) is 20.3 Å². The lowest BCUT2D eigenvalue weighted by Gasteiger charge is -2.33. The quantitative estimate of drug-likeness (QED) is 0.284. The third-order valence-corrected chi connectivity index (χ3v) is 13.1. The highest BCUT2D eigenvalue weighted by Gasteiger charge is 2.63. The Hall–Kier alpha value is -4.34. The number of ether oxygens (including phenoxy) is 4. The molecule has 3 aliphatic heterocycles. The number of carbonyl (C=O) groups excluding carboxylic acids is 5. The summed E-state index contributed by atoms with van der Waals surface area (Å²) in [6.45, 7) is 11.1. The van der Waals surface area contributed by atoms with E-state index in [9.17, 15) is 32.4 Å². The minimum absolute atomic E-state index is 0.119. The molecule has 1 aromatic rings. The first-order valence-corrected chi connectivity index (χ1v) is 20.3. The summed E-state index contributed by atoms with van der Waals surface area (Å²) in [5.74, 6) is -2.73. The minimum Gasteiger partial charge on any atom is -0.486 e. The lowest BCUT2D eigenvalue weighted by molar-refractivity contribution is -0.142. The summed E-state index contributed by atoms with van der Waals surface area (Å²) in [7, 11) is -4.02. The number of hydrogen-bond donors (Lipinski definition) is 3. The maximum atomic E-state index is 14.6. The van der Waals surface area contributed by atoms with Crippen molar-refractivity contribution < 1.29 is 51.3 Å². The zero-order chi connectivity index (χ0) is 39.2. The van der Waals surface area contributed by atoms with Crippen LogP contribution in [0.25, 0.3) is 0 Å². The predicted octanol–water partition coefficient (Wildman–Crippen LogP) is 3.36. The fraction of sp³-hybridized carbons (Fsp3) is 0.658. The van der Waals surface area contributed by atoms with Gasteiger partial charge >= 0.3 is 12.1 Å². The molecule has 3 heterocycles. The van der Waals surface area contributed by atoms with E-state index in [-0.39, 0.29) is 30.9 Å². The van der Waals surface area contributed by atoms with E-state index in [2.05, 4.69) is 15.4 Å². The zero-order valence-corrected chi connectivity index (χ0v) is 32.6. The number of rotatable bonds is 6. The van der Waals surface area contributed by atoms with Gasteiger partial charge in [-0.25, -0.2) is 18.0 Å². The lowest BCUT2D eigenvalue weighted by Crippen LogP contribution is -2.59. The summed E-state index contributed by atoms with van der Waals surface area (Å²) >= 11 is 0. The van der Waals surface area contributed by atoms with Gasteiger partial charge in [0.15, 0.2) is 11.5 Å². The van der Waals surface area contributed by atoms with Gasteiger partial charge in [-0.2, -0.15) is 0 Å². The Morgan fingerprint density at radius 3 is 2.43 bits per heavy atom. The van der Waals surface area contributed by atoms with Gasteiger partial charge in [-0.15, -0.1) is 0 Å². The zero-order valence-electron chi connectivity index (χ0n) is 31.8. The van der Waals surface area contributed by atoms with E-state index in [0.29, 0.717) is 50.4 Å². The summed E-state index contributed by atoms with van der Waals surface area (Å²) < 4.78 is 50.0. The molecule has 2 saturated carbocycles. The van der Waals surface area contributed by atoms with Crippen LogP contribution in [-0.4, -0.2) is 96.9 Å². The van der Waals surface area contributed by atoms with Crippen LogP contribution < -0.4 is 24.8 Å². The number of hydrogen-bond acceptors (Lipinski definition) is 11. The van der Waals surface area contributed by atoms with Gasteiger partial charge in [-0.1, -0.05) is 26.0 Å². The number of fused-ring (bicyclic) bond motifs is 3. The van der Waals surface area contributed by atoms with Gasteiger partial charge in [0, 0.05) is 12.3 Å². The summed E-state index contributed by atoms with van der Waals surface area (Å²) in [6.07, 6.45) is 4.83. The predicted molar refractivity (Wildman–Crippen MR) is 195 cm³/mol. The number of amides is 4. The normalized spacial score (nSPS) is 31.3. The Balaban J connectivity index is 1.31. The van der Waals surface area contributed by atoms with E-state index in [4.69, 9.17) is 18.9 Å². The molecular formula is C38H52N4O11S. The van der Waals surface area contributed by atoms with Crippen LogP contribution in [-0.2, 0) is 33.9 Å². The second-order valence-electron chi connectivity index (χ2n) is 16.7. The third kappa shape index (κ3) is 8.47. The maximum absolute atomic E-state index is 14.6. The van der Waals surface area contributed by atoms with Gasteiger partial charge < -0.3 is 34.5 Å². The maximum Gasteiger partial charge on any atom is 0.408 e. The summed E-state index contributed by atoms with van der Waals surface area (Å²) in [5, 5.41) is 5.58. The Kier molecular flexibility index (Phi) is 10.7. The van der Waals surface area contributed by atoms with Crippen molar-refractivity contribution in [3.05, 3.63) is 35.9 Å². The number of carbonyl (C=O) groups is 5. The molecule has 0 unspecified atom stereocenters. The number of benzene rings is 1. The highest BCUT2D eigenvalue weighted by atomic mass is 32.2. The molecule has 7 atom stereocenters. The standard InChI is InChI=1S/C38H52N4O11S/c1-22-9-7-8-10-25-20-38(25,34(46)41-54(48,49)37(6)13-14-37)40-31(43)27-19-26(52-33(45)24-11-12-28-29(18-24)51-16-15-50-28)21-42(27)32(44)30(23(2)17-22)39-35(47)53-36(3,4)5/h8,10-12,18,22-23,25-27,30H,7,9,13-17,19-21H2,1-6H3,(H,39,47)(H,40,43)(H,41,46)/b10-8-/t22-,23-,25-,26-,27+,30+,38-/m1/s1. The highest BCUT2D eigenvalue weighted by molar-refractivity contribution is 7.91. The number of alkyl carbamates (subject to hydrolysis) is 1. The molecule has 0 radical (unpaired) electrons. The van der Waals surface area contributed by atoms with Gasteiger partial charge in [-0.3, -0.25) is 19.1 Å². The molecule has 16 heteroatoms. The van der Waals surface area contributed by atoms with Crippen molar-refractivity contribution in [3.63, 3.8) is 0 Å². The minimum atomic E-state index is -4.02. The number of sulfonamides is 1. The van der Waals surface area contributed by atoms with Crippen molar-refractivity contribution in [3.8, 4) is 11.5 Å². The van der Waals surface area contributed by atoms with E-state index in [1.807, 2.05) is 26.0 Å². The van der Waals surface area contributed by atoms with Crippen LogP contribution >= 0.6 is 0 Å². The van der Waals surface area contributed by atoms with Crippen LogP contribution in [0.5, 0.6) is 11.5 Å². The van der Waals surface area contributed by atoms with Gasteiger partial charge in [0.1, 0.15) is 42.5 Å². The van der Waals surface area contributed by atoms with Crippen LogP contribution in [0.4, 0.5) is 4.79 Å². The Morgan fingerprint density at radius 2 is 1.74 bits per heavy atom. The highest BCUT2D eigenvalue weighted by Crippen LogP contribution is 2.47. The number of esters is 1. The molecule has 1 aromatic carbocycles. The van der Waals surface area contributed by atoms with Gasteiger partial charge in [0.05, 0.1) is 16.9 Å². The first kappa shape index (κ1) is 39.4. The van der Waals surface area contributed by atoms with E-state index < -0.39 is 85.7 Å². The number of nitrogens with one attached hydrogen (secondary N) is 3. The molecule has 6 rings (SSSR count).